The van der Waals surface area contributed by atoms with Crippen LogP contribution in [0.3, 0.4) is 0 Å². The highest BCUT2D eigenvalue weighted by atomic mass is 32.2. The molecule has 1 aromatic carbocycles. The van der Waals surface area contributed by atoms with Crippen LogP contribution in [-0.2, 0) is 14.8 Å². The maximum Gasteiger partial charge on any atom is 0.360 e. The zero-order valence-electron chi connectivity index (χ0n) is 14.3. The average molecular weight is 423 g/mol. The number of carbonyl (C=O) groups is 1. The Hall–Kier alpha value is -3.25. The number of nitrogens with zero attached hydrogens (tertiary/aromatic N) is 2. The maximum absolute atomic E-state index is 12.5. The molecule has 0 atom stereocenters. The second-order valence-corrected chi connectivity index (χ2v) is 8.32. The first kappa shape index (κ1) is 19.5. The minimum Gasteiger partial charge on any atom is -0.461 e. The van der Waals surface area contributed by atoms with Crippen LogP contribution in [0.4, 0.5) is 11.4 Å². The van der Waals surface area contributed by atoms with Crippen molar-refractivity contribution in [3.05, 3.63) is 58.3 Å². The number of nitro groups is 1. The molecule has 2 aromatic heterocycles. The van der Waals surface area contributed by atoms with Crippen molar-refractivity contribution < 1.29 is 27.4 Å². The van der Waals surface area contributed by atoms with E-state index in [1.807, 2.05) is 0 Å². The Kier molecular flexibility index (Phi) is 5.42. The molecule has 1 N–H and O–H groups in total. The predicted molar refractivity (Wildman–Crippen MR) is 99.7 cm³/mol. The Balaban J connectivity index is 1.82. The van der Waals surface area contributed by atoms with Gasteiger partial charge in [0, 0.05) is 18.2 Å². The fraction of sp³-hybridized carbons (Fsp3) is 0.125. The van der Waals surface area contributed by atoms with E-state index in [2.05, 4.69) is 9.88 Å². The number of non-ortho nitro benzene ring substituents is 1. The molecule has 28 heavy (non-hydrogen) atoms. The molecule has 12 heteroatoms. The van der Waals surface area contributed by atoms with Crippen LogP contribution in [0.5, 0.6) is 0 Å². The van der Waals surface area contributed by atoms with Crippen LogP contribution in [0.15, 0.2) is 51.2 Å². The Morgan fingerprint density at radius 2 is 2.11 bits per heavy atom. The first-order valence-corrected chi connectivity index (χ1v) is 10.1. The molecule has 146 valence electrons. The molecule has 0 saturated carbocycles. The average Bonchev–Trinajstić information content (AvgIpc) is 3.31. The van der Waals surface area contributed by atoms with Crippen molar-refractivity contribution in [1.29, 1.82) is 0 Å². The van der Waals surface area contributed by atoms with E-state index >= 15 is 0 Å². The maximum atomic E-state index is 12.5. The fourth-order valence-electron chi connectivity index (χ4n) is 2.18. The van der Waals surface area contributed by atoms with E-state index < -0.39 is 20.9 Å². The zero-order chi connectivity index (χ0) is 20.3. The van der Waals surface area contributed by atoms with Crippen LogP contribution in [0.2, 0.25) is 0 Å². The molecule has 0 unspecified atom stereocenters. The summed E-state index contributed by atoms with van der Waals surface area (Å²) < 4.78 is 37.2. The van der Waals surface area contributed by atoms with Crippen molar-refractivity contribution >= 4 is 38.7 Å². The van der Waals surface area contributed by atoms with Crippen LogP contribution in [0.25, 0.3) is 10.6 Å². The van der Waals surface area contributed by atoms with Crippen molar-refractivity contribution in [2.45, 2.75) is 11.1 Å². The standard InChI is InChI=1S/C16H13N3O7S2/c1-2-25-16(20)12-9-13(26-17-12)14-6-7-15(27-14)28(23,24)18-10-4-3-5-11(8-10)19(21)22/h3-9,18H,2H2,1H3. The summed E-state index contributed by atoms with van der Waals surface area (Å²) in [5.41, 5.74) is -0.196. The monoisotopic (exact) mass is 423 g/mol. The van der Waals surface area contributed by atoms with Gasteiger partial charge in [0.2, 0.25) is 0 Å². The second-order valence-electron chi connectivity index (χ2n) is 5.33. The number of hydrogen-bond acceptors (Lipinski definition) is 9. The number of aromatic nitrogens is 1. The molecule has 0 bridgehead atoms. The first-order chi connectivity index (χ1) is 13.3. The molecular weight excluding hydrogens is 410 g/mol. The van der Waals surface area contributed by atoms with Gasteiger partial charge in [0.25, 0.3) is 15.7 Å². The van der Waals surface area contributed by atoms with Crippen LogP contribution in [0, 0.1) is 10.1 Å². The smallest absolute Gasteiger partial charge is 0.360 e. The number of thiophene rings is 1. The quantitative estimate of drug-likeness (QED) is 0.346. The summed E-state index contributed by atoms with van der Waals surface area (Å²) in [6.07, 6.45) is 0. The number of ether oxygens (including phenoxy) is 1. The van der Waals surface area contributed by atoms with Crippen LogP contribution >= 0.6 is 11.3 Å². The Morgan fingerprint density at radius 3 is 2.82 bits per heavy atom. The van der Waals surface area contributed by atoms with Crippen molar-refractivity contribution in [2.24, 2.45) is 0 Å². The van der Waals surface area contributed by atoms with Gasteiger partial charge in [0.15, 0.2) is 11.5 Å². The van der Waals surface area contributed by atoms with Gasteiger partial charge in [-0.1, -0.05) is 11.2 Å². The molecule has 3 aromatic rings. The predicted octanol–water partition coefficient (Wildman–Crippen LogP) is 3.29. The van der Waals surface area contributed by atoms with Crippen molar-refractivity contribution in [3.63, 3.8) is 0 Å². The van der Waals surface area contributed by atoms with E-state index in [9.17, 15) is 23.3 Å². The van der Waals surface area contributed by atoms with Crippen LogP contribution < -0.4 is 4.72 Å². The van der Waals surface area contributed by atoms with E-state index in [4.69, 9.17) is 9.26 Å². The summed E-state index contributed by atoms with van der Waals surface area (Å²) in [6, 6.07) is 9.37. The van der Waals surface area contributed by atoms with Crippen molar-refractivity contribution in [2.75, 3.05) is 11.3 Å². The van der Waals surface area contributed by atoms with E-state index in [1.54, 1.807) is 6.92 Å². The van der Waals surface area contributed by atoms with E-state index in [0.717, 1.165) is 17.4 Å². The van der Waals surface area contributed by atoms with Gasteiger partial charge in [-0.3, -0.25) is 14.8 Å². The third-order valence-corrected chi connectivity index (χ3v) is 6.37. The highest BCUT2D eigenvalue weighted by molar-refractivity contribution is 7.94. The summed E-state index contributed by atoms with van der Waals surface area (Å²) in [5.74, 6) is -0.431. The fourth-order valence-corrected chi connectivity index (χ4v) is 4.48. The minimum absolute atomic E-state index is 0.0237. The molecule has 0 radical (unpaired) electrons. The Labute approximate surface area is 162 Å². The highest BCUT2D eigenvalue weighted by Crippen LogP contribution is 2.32. The van der Waals surface area contributed by atoms with Gasteiger partial charge in [-0.2, -0.15) is 0 Å². The normalized spacial score (nSPS) is 11.2. The first-order valence-electron chi connectivity index (χ1n) is 7.81. The zero-order valence-corrected chi connectivity index (χ0v) is 16.0. The lowest BCUT2D eigenvalue weighted by molar-refractivity contribution is -0.384. The largest absolute Gasteiger partial charge is 0.461 e. The molecule has 0 amide bonds. The molecular formula is C16H13N3O7S2. The van der Waals surface area contributed by atoms with Crippen molar-refractivity contribution in [3.8, 4) is 10.6 Å². The third kappa shape index (κ3) is 4.18. The number of anilines is 1. The molecule has 0 fully saturated rings. The van der Waals surface area contributed by atoms with Crippen LogP contribution in [-0.4, -0.2) is 31.1 Å². The van der Waals surface area contributed by atoms with Gasteiger partial charge in [-0.25, -0.2) is 13.2 Å². The third-order valence-electron chi connectivity index (χ3n) is 3.39. The van der Waals surface area contributed by atoms with E-state index in [1.165, 1.54) is 36.4 Å². The number of benzene rings is 1. The van der Waals surface area contributed by atoms with Gasteiger partial charge in [-0.05, 0) is 25.1 Å². The molecule has 0 saturated heterocycles. The van der Waals surface area contributed by atoms with Gasteiger partial charge < -0.3 is 9.26 Å². The lowest BCUT2D eigenvalue weighted by Gasteiger charge is -2.05. The van der Waals surface area contributed by atoms with Gasteiger partial charge in [0.1, 0.15) is 4.21 Å². The highest BCUT2D eigenvalue weighted by Gasteiger charge is 2.21. The molecule has 0 aliphatic rings. The summed E-state index contributed by atoms with van der Waals surface area (Å²) in [7, 11) is -3.97. The van der Waals surface area contributed by atoms with Gasteiger partial charge in [-0.15, -0.1) is 11.3 Å². The number of rotatable bonds is 7. The van der Waals surface area contributed by atoms with E-state index in [-0.39, 0.29) is 33.6 Å². The number of nitro benzene ring substituents is 1. The van der Waals surface area contributed by atoms with Gasteiger partial charge in [0.05, 0.1) is 22.1 Å². The summed E-state index contributed by atoms with van der Waals surface area (Å²) in [5, 5.41) is 14.4. The number of hydrogen-bond donors (Lipinski definition) is 1. The summed E-state index contributed by atoms with van der Waals surface area (Å²) in [6.45, 7) is 1.84. The lowest BCUT2D eigenvalue weighted by atomic mass is 10.3. The summed E-state index contributed by atoms with van der Waals surface area (Å²) in [4.78, 5) is 22.3. The number of carbonyl (C=O) groups excluding carboxylic acids is 1. The lowest BCUT2D eigenvalue weighted by Crippen LogP contribution is -2.11. The SMILES string of the molecule is CCOC(=O)c1cc(-c2ccc(S(=O)(=O)Nc3cccc([N+](=O)[O-])c3)s2)on1. The van der Waals surface area contributed by atoms with Gasteiger partial charge >= 0.3 is 5.97 Å². The number of sulfonamides is 1. The number of esters is 1. The molecule has 0 aliphatic heterocycles. The minimum atomic E-state index is -3.97. The molecule has 10 nitrogen and oxygen atoms in total. The molecule has 0 aliphatic carbocycles. The second kappa shape index (κ2) is 7.78. The van der Waals surface area contributed by atoms with E-state index in [0.29, 0.717) is 4.88 Å². The molecule has 2 heterocycles. The Bertz CT molecular complexity index is 1130. The van der Waals surface area contributed by atoms with Crippen LogP contribution in [0.1, 0.15) is 17.4 Å². The molecule has 0 spiro atoms. The summed E-state index contributed by atoms with van der Waals surface area (Å²) >= 11 is 0.891. The van der Waals surface area contributed by atoms with Crippen molar-refractivity contribution in [1.82, 2.24) is 5.16 Å². The Morgan fingerprint density at radius 1 is 1.32 bits per heavy atom. The number of nitrogens with one attached hydrogen (secondary N) is 1. The molecule has 3 rings (SSSR count). The topological polar surface area (TPSA) is 142 Å².